The van der Waals surface area contributed by atoms with E-state index in [1.54, 1.807) is 6.26 Å². The molecule has 1 N–H and O–H groups in total. The number of carbonyl (C=O) groups is 1. The van der Waals surface area contributed by atoms with Crippen LogP contribution in [0.15, 0.2) is 16.7 Å². The van der Waals surface area contributed by atoms with Gasteiger partial charge in [-0.25, -0.2) is 4.98 Å². The number of fused-ring (bicyclic) bond motifs is 1. The summed E-state index contributed by atoms with van der Waals surface area (Å²) in [5, 5.41) is 4.03. The molecule has 1 aliphatic carbocycles. The van der Waals surface area contributed by atoms with Crippen molar-refractivity contribution in [3.05, 3.63) is 39.2 Å². The van der Waals surface area contributed by atoms with E-state index in [9.17, 15) is 4.79 Å². The Morgan fingerprint density at radius 3 is 3.11 bits per heavy atom. The quantitative estimate of drug-likeness (QED) is 0.916. The van der Waals surface area contributed by atoms with Gasteiger partial charge in [0.2, 0.25) is 0 Å². The molecule has 5 heteroatoms. The maximum Gasteiger partial charge on any atom is 0.263 e. The maximum absolute atomic E-state index is 12.3. The molecule has 0 spiro atoms. The molecular weight excluding hydrogens is 260 g/mol. The lowest BCUT2D eigenvalue weighted by molar-refractivity contribution is 0.0935. The van der Waals surface area contributed by atoms with Gasteiger partial charge in [0.05, 0.1) is 23.0 Å². The van der Waals surface area contributed by atoms with E-state index in [-0.39, 0.29) is 11.9 Å². The smallest absolute Gasteiger partial charge is 0.263 e. The Hall–Kier alpha value is -1.62. The summed E-state index contributed by atoms with van der Waals surface area (Å²) in [7, 11) is 0. The molecule has 0 aliphatic heterocycles. The van der Waals surface area contributed by atoms with Crippen LogP contribution in [0.3, 0.4) is 0 Å². The van der Waals surface area contributed by atoms with E-state index < -0.39 is 0 Å². The van der Waals surface area contributed by atoms with Gasteiger partial charge in [-0.1, -0.05) is 0 Å². The molecule has 19 heavy (non-hydrogen) atoms. The molecule has 0 unspecified atom stereocenters. The SMILES string of the molecule is Cc1nc(C)c(C(=O)N[C@H]2CCCc3occc32)s1. The monoisotopic (exact) mass is 276 g/mol. The minimum atomic E-state index is -0.0258. The van der Waals surface area contributed by atoms with E-state index in [1.807, 2.05) is 19.9 Å². The molecule has 2 aromatic rings. The summed E-state index contributed by atoms with van der Waals surface area (Å²) >= 11 is 1.45. The molecular formula is C14H16N2O2S. The van der Waals surface area contributed by atoms with E-state index in [0.717, 1.165) is 41.3 Å². The van der Waals surface area contributed by atoms with Crippen LogP contribution >= 0.6 is 11.3 Å². The number of amides is 1. The van der Waals surface area contributed by atoms with E-state index in [4.69, 9.17) is 4.42 Å². The summed E-state index contributed by atoms with van der Waals surface area (Å²) in [5.41, 5.74) is 1.93. The number of thiazole rings is 1. The van der Waals surface area contributed by atoms with Crippen molar-refractivity contribution in [3.8, 4) is 0 Å². The standard InChI is InChI=1S/C14H16N2O2S/c1-8-13(19-9(2)15-8)14(17)16-11-4-3-5-12-10(11)6-7-18-12/h6-7,11H,3-5H2,1-2H3,(H,16,17)/t11-/m0/s1. The first-order valence-electron chi connectivity index (χ1n) is 6.46. The van der Waals surface area contributed by atoms with Crippen LogP contribution < -0.4 is 5.32 Å². The molecule has 0 radical (unpaired) electrons. The Morgan fingerprint density at radius 1 is 1.53 bits per heavy atom. The third-order valence-electron chi connectivity index (χ3n) is 3.47. The van der Waals surface area contributed by atoms with Crippen molar-refractivity contribution >= 4 is 17.2 Å². The van der Waals surface area contributed by atoms with Gasteiger partial charge in [-0.3, -0.25) is 4.79 Å². The maximum atomic E-state index is 12.3. The topological polar surface area (TPSA) is 55.1 Å². The van der Waals surface area contributed by atoms with Crippen LogP contribution in [0, 0.1) is 13.8 Å². The zero-order valence-electron chi connectivity index (χ0n) is 11.0. The van der Waals surface area contributed by atoms with E-state index >= 15 is 0 Å². The number of hydrogen-bond acceptors (Lipinski definition) is 4. The highest BCUT2D eigenvalue weighted by Crippen LogP contribution is 2.31. The van der Waals surface area contributed by atoms with Crippen LogP contribution in [-0.2, 0) is 6.42 Å². The highest BCUT2D eigenvalue weighted by atomic mass is 32.1. The molecule has 100 valence electrons. The average molecular weight is 276 g/mol. The fraction of sp³-hybridized carbons (Fsp3) is 0.429. The molecule has 0 saturated heterocycles. The first kappa shape index (κ1) is 12.4. The zero-order valence-corrected chi connectivity index (χ0v) is 11.8. The lowest BCUT2D eigenvalue weighted by Gasteiger charge is -2.22. The molecule has 0 saturated carbocycles. The number of nitrogens with zero attached hydrogens (tertiary/aromatic N) is 1. The lowest BCUT2D eigenvalue weighted by atomic mass is 9.93. The van der Waals surface area contributed by atoms with Crippen molar-refractivity contribution in [2.75, 3.05) is 0 Å². The van der Waals surface area contributed by atoms with Crippen LogP contribution in [0.4, 0.5) is 0 Å². The molecule has 1 amide bonds. The summed E-state index contributed by atoms with van der Waals surface area (Å²) in [5.74, 6) is 0.982. The Labute approximate surface area is 115 Å². The first-order valence-corrected chi connectivity index (χ1v) is 7.28. The van der Waals surface area contributed by atoms with E-state index in [0.29, 0.717) is 4.88 Å². The molecule has 1 aliphatic rings. The average Bonchev–Trinajstić information content (AvgIpc) is 2.96. The number of furan rings is 1. The molecule has 0 fully saturated rings. The lowest BCUT2D eigenvalue weighted by Crippen LogP contribution is -2.30. The summed E-state index contributed by atoms with van der Waals surface area (Å²) in [6.45, 7) is 3.80. The van der Waals surface area contributed by atoms with Gasteiger partial charge in [0.15, 0.2) is 0 Å². The van der Waals surface area contributed by atoms with Gasteiger partial charge in [-0.2, -0.15) is 0 Å². The highest BCUT2D eigenvalue weighted by Gasteiger charge is 2.25. The second kappa shape index (κ2) is 4.81. The zero-order chi connectivity index (χ0) is 13.4. The summed E-state index contributed by atoms with van der Waals surface area (Å²) in [4.78, 5) is 17.3. The Bertz CT molecular complexity index is 615. The first-order chi connectivity index (χ1) is 9.15. The number of carbonyl (C=O) groups excluding carboxylic acids is 1. The second-order valence-corrected chi connectivity index (χ2v) is 6.07. The predicted molar refractivity (Wildman–Crippen MR) is 73.4 cm³/mol. The van der Waals surface area contributed by atoms with Gasteiger partial charge in [0.25, 0.3) is 5.91 Å². The normalized spacial score (nSPS) is 18.1. The van der Waals surface area contributed by atoms with Crippen LogP contribution in [0.2, 0.25) is 0 Å². The fourth-order valence-electron chi connectivity index (χ4n) is 2.60. The molecule has 1 atom stereocenters. The minimum absolute atomic E-state index is 0.0258. The third kappa shape index (κ3) is 2.30. The van der Waals surface area contributed by atoms with Crippen LogP contribution in [0.25, 0.3) is 0 Å². The molecule has 0 aromatic carbocycles. The van der Waals surface area contributed by atoms with E-state index in [1.165, 1.54) is 11.3 Å². The minimum Gasteiger partial charge on any atom is -0.469 e. The third-order valence-corrected chi connectivity index (χ3v) is 4.54. The van der Waals surface area contributed by atoms with Crippen molar-refractivity contribution in [1.82, 2.24) is 10.3 Å². The Kier molecular flexibility index (Phi) is 3.14. The number of aryl methyl sites for hydroxylation is 3. The van der Waals surface area contributed by atoms with Gasteiger partial charge in [-0.15, -0.1) is 11.3 Å². The van der Waals surface area contributed by atoms with Gasteiger partial charge in [0.1, 0.15) is 10.6 Å². The number of hydrogen-bond donors (Lipinski definition) is 1. The van der Waals surface area contributed by atoms with Crippen molar-refractivity contribution in [2.45, 2.75) is 39.2 Å². The van der Waals surface area contributed by atoms with Crippen LogP contribution in [0.5, 0.6) is 0 Å². The largest absolute Gasteiger partial charge is 0.469 e. The summed E-state index contributed by atoms with van der Waals surface area (Å²) in [6.07, 6.45) is 4.69. The van der Waals surface area contributed by atoms with Crippen molar-refractivity contribution in [1.29, 1.82) is 0 Å². The molecule has 3 rings (SSSR count). The van der Waals surface area contributed by atoms with Gasteiger partial charge >= 0.3 is 0 Å². The number of nitrogens with one attached hydrogen (secondary N) is 1. The number of rotatable bonds is 2. The summed E-state index contributed by atoms with van der Waals surface area (Å²) < 4.78 is 5.44. The summed E-state index contributed by atoms with van der Waals surface area (Å²) in [6, 6.07) is 2.03. The molecule has 2 heterocycles. The number of aromatic nitrogens is 1. The Morgan fingerprint density at radius 2 is 2.37 bits per heavy atom. The van der Waals surface area contributed by atoms with Crippen LogP contribution in [0.1, 0.15) is 50.6 Å². The highest BCUT2D eigenvalue weighted by molar-refractivity contribution is 7.13. The van der Waals surface area contributed by atoms with Crippen LogP contribution in [-0.4, -0.2) is 10.9 Å². The fourth-order valence-corrected chi connectivity index (χ4v) is 3.43. The second-order valence-electron chi connectivity index (χ2n) is 4.86. The van der Waals surface area contributed by atoms with Crippen molar-refractivity contribution in [2.24, 2.45) is 0 Å². The van der Waals surface area contributed by atoms with Gasteiger partial charge < -0.3 is 9.73 Å². The molecule has 2 aromatic heterocycles. The van der Waals surface area contributed by atoms with Crippen molar-refractivity contribution in [3.63, 3.8) is 0 Å². The van der Waals surface area contributed by atoms with Crippen molar-refractivity contribution < 1.29 is 9.21 Å². The van der Waals surface area contributed by atoms with Gasteiger partial charge in [0, 0.05) is 12.0 Å². The molecule has 0 bridgehead atoms. The Balaban J connectivity index is 1.80. The van der Waals surface area contributed by atoms with Gasteiger partial charge in [-0.05, 0) is 32.8 Å². The molecule has 4 nitrogen and oxygen atoms in total. The van der Waals surface area contributed by atoms with E-state index in [2.05, 4.69) is 10.3 Å². The predicted octanol–water partition coefficient (Wildman–Crippen LogP) is 3.16.